The van der Waals surface area contributed by atoms with Crippen LogP contribution >= 0.6 is 0 Å². The van der Waals surface area contributed by atoms with E-state index in [0.717, 1.165) is 4.90 Å². The van der Waals surface area contributed by atoms with Crippen molar-refractivity contribution in [3.8, 4) is 17.2 Å². The van der Waals surface area contributed by atoms with Gasteiger partial charge in [0.1, 0.15) is 11.3 Å². The van der Waals surface area contributed by atoms with Crippen LogP contribution in [0.25, 0.3) is 6.08 Å². The van der Waals surface area contributed by atoms with Gasteiger partial charge < -0.3 is 14.6 Å². The highest BCUT2D eigenvalue weighted by molar-refractivity contribution is 6.39. The quantitative estimate of drug-likeness (QED) is 0.632. The number of hydrogen-bond donors (Lipinski definition) is 2. The van der Waals surface area contributed by atoms with E-state index in [0.29, 0.717) is 11.3 Å². The topological polar surface area (TPSA) is 105 Å². The van der Waals surface area contributed by atoms with E-state index >= 15 is 0 Å². The van der Waals surface area contributed by atoms with Gasteiger partial charge in [0.15, 0.2) is 11.5 Å². The Hall–Kier alpha value is -3.81. The number of aromatic hydroxyl groups is 1. The van der Waals surface area contributed by atoms with Crippen molar-refractivity contribution in [1.82, 2.24) is 5.32 Å². The highest BCUT2D eigenvalue weighted by Gasteiger charge is 2.36. The summed E-state index contributed by atoms with van der Waals surface area (Å²) in [5.74, 6) is -1.04. The molecule has 0 spiro atoms. The number of phenols is 1. The fourth-order valence-electron chi connectivity index (χ4n) is 2.60. The Morgan fingerprint density at radius 2 is 1.81 bits per heavy atom. The highest BCUT2D eigenvalue weighted by atomic mass is 16.5. The molecule has 8 heteroatoms. The van der Waals surface area contributed by atoms with Gasteiger partial charge in [-0.15, -0.1) is 0 Å². The fourth-order valence-corrected chi connectivity index (χ4v) is 2.60. The van der Waals surface area contributed by atoms with E-state index in [1.807, 2.05) is 0 Å². The molecular formula is C19H16N2O6. The SMILES string of the molecule is COc1cccc(N2C(=O)NC(=O)/C(=C\c3ccc(OC)c(O)c3)C2=O)c1. The third-order valence-corrected chi connectivity index (χ3v) is 3.93. The molecule has 27 heavy (non-hydrogen) atoms. The number of amides is 4. The molecule has 8 nitrogen and oxygen atoms in total. The van der Waals surface area contributed by atoms with Crippen LogP contribution in [0.3, 0.4) is 0 Å². The third-order valence-electron chi connectivity index (χ3n) is 3.93. The van der Waals surface area contributed by atoms with E-state index in [-0.39, 0.29) is 22.8 Å². The van der Waals surface area contributed by atoms with Crippen LogP contribution in [0.2, 0.25) is 0 Å². The number of barbiturate groups is 1. The Balaban J connectivity index is 2.00. The van der Waals surface area contributed by atoms with Gasteiger partial charge in [-0.1, -0.05) is 12.1 Å². The number of urea groups is 1. The van der Waals surface area contributed by atoms with E-state index in [1.165, 1.54) is 38.5 Å². The molecule has 1 aliphatic heterocycles. The maximum Gasteiger partial charge on any atom is 0.335 e. The Labute approximate surface area is 154 Å². The number of methoxy groups -OCH3 is 2. The van der Waals surface area contributed by atoms with Crippen molar-refractivity contribution < 1.29 is 29.0 Å². The number of hydrogen-bond acceptors (Lipinski definition) is 6. The second-order valence-corrected chi connectivity index (χ2v) is 5.59. The Morgan fingerprint density at radius 1 is 1.04 bits per heavy atom. The molecule has 0 aliphatic carbocycles. The van der Waals surface area contributed by atoms with Gasteiger partial charge in [0.25, 0.3) is 11.8 Å². The lowest BCUT2D eigenvalue weighted by molar-refractivity contribution is -0.122. The summed E-state index contributed by atoms with van der Waals surface area (Å²) in [6.07, 6.45) is 1.29. The van der Waals surface area contributed by atoms with Crippen LogP contribution < -0.4 is 19.7 Å². The van der Waals surface area contributed by atoms with Gasteiger partial charge in [-0.05, 0) is 35.9 Å². The molecule has 1 saturated heterocycles. The lowest BCUT2D eigenvalue weighted by Crippen LogP contribution is -2.54. The Kier molecular flexibility index (Phi) is 4.80. The summed E-state index contributed by atoms with van der Waals surface area (Å²) in [5, 5.41) is 12.0. The molecule has 0 saturated carbocycles. The number of carbonyl (C=O) groups is 3. The molecule has 2 N–H and O–H groups in total. The molecule has 1 heterocycles. The first-order valence-corrected chi connectivity index (χ1v) is 7.87. The normalized spacial score (nSPS) is 15.7. The molecule has 4 amide bonds. The van der Waals surface area contributed by atoms with Crippen molar-refractivity contribution in [3.63, 3.8) is 0 Å². The lowest BCUT2D eigenvalue weighted by Gasteiger charge is -2.26. The summed E-state index contributed by atoms with van der Waals surface area (Å²) in [5.41, 5.74) is 0.404. The Morgan fingerprint density at radius 3 is 2.48 bits per heavy atom. The molecule has 0 bridgehead atoms. The zero-order valence-electron chi connectivity index (χ0n) is 14.6. The maximum absolute atomic E-state index is 12.8. The van der Waals surface area contributed by atoms with Crippen molar-refractivity contribution in [1.29, 1.82) is 0 Å². The van der Waals surface area contributed by atoms with Crippen molar-refractivity contribution in [2.24, 2.45) is 0 Å². The Bertz CT molecular complexity index is 966. The average molecular weight is 368 g/mol. The van der Waals surface area contributed by atoms with Gasteiger partial charge >= 0.3 is 6.03 Å². The van der Waals surface area contributed by atoms with Crippen LogP contribution in [0, 0.1) is 0 Å². The number of rotatable bonds is 4. The lowest BCUT2D eigenvalue weighted by atomic mass is 10.1. The molecule has 3 rings (SSSR count). The first-order chi connectivity index (χ1) is 12.9. The smallest absolute Gasteiger partial charge is 0.335 e. The number of imide groups is 2. The molecule has 0 aromatic heterocycles. The number of ether oxygens (including phenoxy) is 2. The predicted octanol–water partition coefficient (Wildman–Crippen LogP) is 2.08. The average Bonchev–Trinajstić information content (AvgIpc) is 2.65. The van der Waals surface area contributed by atoms with Gasteiger partial charge in [0, 0.05) is 6.07 Å². The minimum Gasteiger partial charge on any atom is -0.504 e. The molecule has 0 radical (unpaired) electrons. The summed E-state index contributed by atoms with van der Waals surface area (Å²) < 4.78 is 10.1. The number of phenolic OH excluding ortho intramolecular Hbond substituents is 1. The summed E-state index contributed by atoms with van der Waals surface area (Å²) >= 11 is 0. The summed E-state index contributed by atoms with van der Waals surface area (Å²) in [7, 11) is 2.87. The predicted molar refractivity (Wildman–Crippen MR) is 96.7 cm³/mol. The minimum absolute atomic E-state index is 0.142. The van der Waals surface area contributed by atoms with Crippen LogP contribution in [-0.4, -0.2) is 37.2 Å². The van der Waals surface area contributed by atoms with Crippen molar-refractivity contribution in [2.45, 2.75) is 0 Å². The van der Waals surface area contributed by atoms with Crippen LogP contribution in [0.4, 0.5) is 10.5 Å². The monoisotopic (exact) mass is 368 g/mol. The highest BCUT2D eigenvalue weighted by Crippen LogP contribution is 2.29. The standard InChI is InChI=1S/C19H16N2O6/c1-26-13-5-3-4-12(10-13)21-18(24)14(17(23)20-19(21)25)8-11-6-7-16(27-2)15(22)9-11/h3-10,22H,1-2H3,(H,20,23,25)/b14-8+. The van der Waals surface area contributed by atoms with Crippen LogP contribution in [-0.2, 0) is 9.59 Å². The second kappa shape index (κ2) is 7.20. The molecule has 1 fully saturated rings. The summed E-state index contributed by atoms with van der Waals surface area (Å²) in [6.45, 7) is 0. The number of nitrogens with one attached hydrogen (secondary N) is 1. The minimum atomic E-state index is -0.854. The van der Waals surface area contributed by atoms with Crippen LogP contribution in [0.5, 0.6) is 17.2 Å². The van der Waals surface area contributed by atoms with Crippen molar-refractivity contribution in [2.75, 3.05) is 19.1 Å². The fraction of sp³-hybridized carbons (Fsp3) is 0.105. The van der Waals surface area contributed by atoms with Gasteiger partial charge in [-0.3, -0.25) is 14.9 Å². The molecule has 2 aromatic rings. The zero-order valence-corrected chi connectivity index (χ0v) is 14.6. The first kappa shape index (κ1) is 18.0. The first-order valence-electron chi connectivity index (χ1n) is 7.87. The molecule has 2 aromatic carbocycles. The van der Waals surface area contributed by atoms with Crippen LogP contribution in [0.15, 0.2) is 48.0 Å². The molecule has 0 unspecified atom stereocenters. The van der Waals surface area contributed by atoms with Gasteiger partial charge in [0.05, 0.1) is 19.9 Å². The number of anilines is 1. The number of carbonyl (C=O) groups excluding carboxylic acids is 3. The van der Waals surface area contributed by atoms with E-state index in [4.69, 9.17) is 9.47 Å². The van der Waals surface area contributed by atoms with Crippen LogP contribution in [0.1, 0.15) is 5.56 Å². The van der Waals surface area contributed by atoms with Crippen molar-refractivity contribution in [3.05, 3.63) is 53.6 Å². The third kappa shape index (κ3) is 3.45. The van der Waals surface area contributed by atoms with E-state index in [9.17, 15) is 19.5 Å². The van der Waals surface area contributed by atoms with Gasteiger partial charge in [0.2, 0.25) is 0 Å². The molecule has 1 aliphatic rings. The van der Waals surface area contributed by atoms with Crippen molar-refractivity contribution >= 4 is 29.6 Å². The second-order valence-electron chi connectivity index (χ2n) is 5.59. The van der Waals surface area contributed by atoms with E-state index in [1.54, 1.807) is 24.3 Å². The summed E-state index contributed by atoms with van der Waals surface area (Å²) in [4.78, 5) is 38.0. The van der Waals surface area contributed by atoms with Gasteiger partial charge in [-0.25, -0.2) is 9.69 Å². The summed E-state index contributed by atoms with van der Waals surface area (Å²) in [6, 6.07) is 9.90. The van der Waals surface area contributed by atoms with E-state index in [2.05, 4.69) is 5.32 Å². The number of benzene rings is 2. The van der Waals surface area contributed by atoms with E-state index < -0.39 is 17.8 Å². The number of nitrogens with zero attached hydrogens (tertiary/aromatic N) is 1. The molecular weight excluding hydrogens is 352 g/mol. The molecule has 0 atom stereocenters. The maximum atomic E-state index is 12.8. The zero-order chi connectivity index (χ0) is 19.6. The van der Waals surface area contributed by atoms with Gasteiger partial charge in [-0.2, -0.15) is 0 Å². The molecule has 138 valence electrons. The largest absolute Gasteiger partial charge is 0.504 e.